The van der Waals surface area contributed by atoms with Crippen molar-refractivity contribution >= 4 is 0 Å². The Hall–Kier alpha value is -2.62. The largest absolute Gasteiger partial charge is 0.251 e. The van der Waals surface area contributed by atoms with Gasteiger partial charge in [-0.2, -0.15) is 13.8 Å². The Bertz CT molecular complexity index is 887. The van der Waals surface area contributed by atoms with Gasteiger partial charge in [-0.1, -0.05) is 61.9 Å². The van der Waals surface area contributed by atoms with Gasteiger partial charge >= 0.3 is 0 Å². The molecule has 0 aliphatic heterocycles. The summed E-state index contributed by atoms with van der Waals surface area (Å²) in [4.78, 5) is 2.96. The van der Waals surface area contributed by atoms with E-state index in [1.807, 2.05) is 24.3 Å². The second-order valence-corrected chi connectivity index (χ2v) is 6.71. The van der Waals surface area contributed by atoms with Gasteiger partial charge in [-0.15, -0.1) is 0 Å². The number of halogens is 3. The van der Waals surface area contributed by atoms with Crippen molar-refractivity contribution in [2.24, 2.45) is 0 Å². The Kier molecular flexibility index (Phi) is 6.28. The number of hydrogen-bond donors (Lipinski definition) is 0. The molecular formula is C23H22F3N. The van der Waals surface area contributed by atoms with E-state index in [0.717, 1.165) is 29.2 Å². The van der Waals surface area contributed by atoms with Crippen LogP contribution in [0.15, 0.2) is 54.6 Å². The zero-order chi connectivity index (χ0) is 19.2. The fraction of sp³-hybridized carbons (Fsp3) is 0.261. The average Bonchev–Trinajstić information content (AvgIpc) is 2.69. The minimum atomic E-state index is -1.40. The van der Waals surface area contributed by atoms with E-state index in [4.69, 9.17) is 0 Å². The van der Waals surface area contributed by atoms with Gasteiger partial charge in [0.05, 0.1) is 0 Å². The maximum absolute atomic E-state index is 13.6. The maximum atomic E-state index is 13.6. The van der Waals surface area contributed by atoms with Gasteiger partial charge in [0.2, 0.25) is 5.95 Å². The molecule has 27 heavy (non-hydrogen) atoms. The van der Waals surface area contributed by atoms with Gasteiger partial charge in [-0.05, 0) is 54.0 Å². The van der Waals surface area contributed by atoms with Crippen molar-refractivity contribution in [2.45, 2.75) is 39.0 Å². The van der Waals surface area contributed by atoms with E-state index in [2.05, 4.69) is 36.2 Å². The van der Waals surface area contributed by atoms with Gasteiger partial charge < -0.3 is 0 Å². The van der Waals surface area contributed by atoms with Crippen LogP contribution < -0.4 is 0 Å². The molecule has 0 saturated heterocycles. The summed E-state index contributed by atoms with van der Waals surface area (Å²) in [5.41, 5.74) is 4.70. The Labute approximate surface area is 157 Å². The first-order valence-corrected chi connectivity index (χ1v) is 9.25. The van der Waals surface area contributed by atoms with E-state index in [1.165, 1.54) is 18.4 Å². The summed E-state index contributed by atoms with van der Waals surface area (Å²) in [6, 6.07) is 17.5. The lowest BCUT2D eigenvalue weighted by atomic mass is 9.99. The number of aryl methyl sites for hydroxylation is 3. The molecule has 1 aromatic heterocycles. The molecule has 3 rings (SSSR count). The van der Waals surface area contributed by atoms with Crippen molar-refractivity contribution < 1.29 is 13.2 Å². The number of rotatable bonds is 7. The van der Waals surface area contributed by atoms with E-state index in [-0.39, 0.29) is 12.0 Å². The quantitative estimate of drug-likeness (QED) is 0.446. The van der Waals surface area contributed by atoms with Crippen molar-refractivity contribution in [3.8, 4) is 11.1 Å². The van der Waals surface area contributed by atoms with Crippen molar-refractivity contribution in [1.29, 1.82) is 0 Å². The number of pyridine rings is 1. The average molecular weight is 369 g/mol. The number of benzene rings is 2. The standard InChI is InChI=1S/C23H22F3N/c1-2-3-4-16-5-10-18(11-6-16)19-12-7-17(8-13-19)9-14-20-15-21(24)23(26)27-22(20)25/h5-8,10-13,15H,2-4,9,14H2,1H3. The van der Waals surface area contributed by atoms with E-state index in [1.54, 1.807) is 0 Å². The summed E-state index contributed by atoms with van der Waals surface area (Å²) in [5.74, 6) is -3.47. The van der Waals surface area contributed by atoms with Crippen LogP contribution in [0.2, 0.25) is 0 Å². The highest BCUT2D eigenvalue weighted by Crippen LogP contribution is 2.22. The third-order valence-corrected chi connectivity index (χ3v) is 4.70. The molecule has 0 atom stereocenters. The van der Waals surface area contributed by atoms with Crippen molar-refractivity contribution in [3.63, 3.8) is 0 Å². The normalized spacial score (nSPS) is 11.0. The predicted octanol–water partition coefficient (Wildman–Crippen LogP) is 6.29. The van der Waals surface area contributed by atoms with Crippen molar-refractivity contribution in [2.75, 3.05) is 0 Å². The lowest BCUT2D eigenvalue weighted by Crippen LogP contribution is -2.02. The fourth-order valence-corrected chi connectivity index (χ4v) is 3.05. The summed E-state index contributed by atoms with van der Waals surface area (Å²) >= 11 is 0. The van der Waals surface area contributed by atoms with E-state index < -0.39 is 17.7 Å². The summed E-state index contributed by atoms with van der Waals surface area (Å²) in [7, 11) is 0. The lowest BCUT2D eigenvalue weighted by Gasteiger charge is -2.07. The number of unbranched alkanes of at least 4 members (excludes halogenated alkanes) is 1. The fourth-order valence-electron chi connectivity index (χ4n) is 3.05. The van der Waals surface area contributed by atoms with Crippen molar-refractivity contribution in [1.82, 2.24) is 4.98 Å². The molecule has 4 heteroatoms. The summed E-state index contributed by atoms with van der Waals surface area (Å²) in [5, 5.41) is 0. The van der Waals surface area contributed by atoms with E-state index in [0.29, 0.717) is 6.42 Å². The molecule has 0 spiro atoms. The zero-order valence-electron chi connectivity index (χ0n) is 15.3. The van der Waals surface area contributed by atoms with Crippen molar-refractivity contribution in [3.05, 3.63) is 89.0 Å². The third-order valence-electron chi connectivity index (χ3n) is 4.70. The van der Waals surface area contributed by atoms with Crippen LogP contribution in [0.1, 0.15) is 36.5 Å². The molecule has 1 heterocycles. The molecule has 0 N–H and O–H groups in total. The highest BCUT2D eigenvalue weighted by atomic mass is 19.2. The van der Waals surface area contributed by atoms with Crippen LogP contribution in [0, 0.1) is 17.7 Å². The molecule has 0 bridgehead atoms. The number of nitrogens with zero attached hydrogens (tertiary/aromatic N) is 1. The molecule has 3 aromatic rings. The smallest absolute Gasteiger partial charge is 0.202 e. The molecule has 140 valence electrons. The Morgan fingerprint density at radius 3 is 1.81 bits per heavy atom. The minimum absolute atomic E-state index is 0.0839. The minimum Gasteiger partial charge on any atom is -0.202 e. The van der Waals surface area contributed by atoms with E-state index in [9.17, 15) is 13.2 Å². The molecule has 2 aromatic carbocycles. The second kappa shape index (κ2) is 8.85. The van der Waals surface area contributed by atoms with Gasteiger partial charge in [0.25, 0.3) is 5.95 Å². The summed E-state index contributed by atoms with van der Waals surface area (Å²) < 4.78 is 39.7. The molecule has 0 saturated carbocycles. The van der Waals surface area contributed by atoms with Crippen LogP contribution in [-0.4, -0.2) is 4.98 Å². The van der Waals surface area contributed by atoms with Gasteiger partial charge in [0.1, 0.15) is 0 Å². The van der Waals surface area contributed by atoms with Crippen LogP contribution in [0.4, 0.5) is 13.2 Å². The highest BCUT2D eigenvalue weighted by Gasteiger charge is 2.11. The molecule has 0 unspecified atom stereocenters. The Balaban J connectivity index is 1.64. The van der Waals surface area contributed by atoms with Gasteiger partial charge in [0.15, 0.2) is 5.82 Å². The van der Waals surface area contributed by atoms with Gasteiger partial charge in [-0.3, -0.25) is 0 Å². The first kappa shape index (κ1) is 19.2. The molecule has 0 radical (unpaired) electrons. The molecule has 0 amide bonds. The number of aromatic nitrogens is 1. The second-order valence-electron chi connectivity index (χ2n) is 6.71. The van der Waals surface area contributed by atoms with Crippen LogP contribution in [0.5, 0.6) is 0 Å². The first-order valence-electron chi connectivity index (χ1n) is 9.25. The summed E-state index contributed by atoms with van der Waals surface area (Å²) in [6.07, 6.45) is 4.28. The van der Waals surface area contributed by atoms with Crippen LogP contribution in [0.3, 0.4) is 0 Å². The van der Waals surface area contributed by atoms with Crippen LogP contribution >= 0.6 is 0 Å². The van der Waals surface area contributed by atoms with E-state index >= 15 is 0 Å². The topological polar surface area (TPSA) is 12.9 Å². The molecule has 0 fully saturated rings. The number of hydrogen-bond acceptors (Lipinski definition) is 1. The molecule has 0 aliphatic rings. The van der Waals surface area contributed by atoms with Crippen LogP contribution in [-0.2, 0) is 19.3 Å². The first-order chi connectivity index (χ1) is 13.1. The SMILES string of the molecule is CCCCc1ccc(-c2ccc(CCc3cc(F)c(F)nc3F)cc2)cc1. The van der Waals surface area contributed by atoms with Gasteiger partial charge in [0, 0.05) is 5.56 Å². The predicted molar refractivity (Wildman–Crippen MR) is 102 cm³/mol. The molecule has 0 aliphatic carbocycles. The zero-order valence-corrected chi connectivity index (χ0v) is 15.3. The molecular weight excluding hydrogens is 347 g/mol. The molecule has 1 nitrogen and oxygen atoms in total. The summed E-state index contributed by atoms with van der Waals surface area (Å²) in [6.45, 7) is 2.19. The Morgan fingerprint density at radius 2 is 1.26 bits per heavy atom. The monoisotopic (exact) mass is 369 g/mol. The van der Waals surface area contributed by atoms with Gasteiger partial charge in [-0.25, -0.2) is 4.39 Å². The van der Waals surface area contributed by atoms with Crippen LogP contribution in [0.25, 0.3) is 11.1 Å². The third kappa shape index (κ3) is 4.97. The highest BCUT2D eigenvalue weighted by molar-refractivity contribution is 5.64. The Morgan fingerprint density at radius 1 is 0.704 bits per heavy atom. The maximum Gasteiger partial charge on any atom is 0.251 e. The lowest BCUT2D eigenvalue weighted by molar-refractivity contribution is 0.441.